The van der Waals surface area contributed by atoms with Gasteiger partial charge in [0.15, 0.2) is 0 Å². The molecule has 0 aliphatic rings. The van der Waals surface area contributed by atoms with E-state index in [9.17, 15) is 0 Å². The Balaban J connectivity index is 2.29. The van der Waals surface area contributed by atoms with Crippen LogP contribution >= 0.6 is 0 Å². The number of hydrogen-bond donors (Lipinski definition) is 1. The van der Waals surface area contributed by atoms with Crippen molar-refractivity contribution in [2.45, 2.75) is 0 Å². The topological polar surface area (TPSA) is 57.7 Å². The third kappa shape index (κ3) is 1.48. The zero-order valence-electron chi connectivity index (χ0n) is 7.18. The Labute approximate surface area is 75.4 Å². The zero-order chi connectivity index (χ0) is 9.10. The van der Waals surface area contributed by atoms with Crippen molar-refractivity contribution in [3.63, 3.8) is 0 Å². The first kappa shape index (κ1) is 7.72. The second-order valence-corrected chi connectivity index (χ2v) is 2.55. The number of aromatic amines is 1. The summed E-state index contributed by atoms with van der Waals surface area (Å²) < 4.78 is 0. The van der Waals surface area contributed by atoms with Crippen LogP contribution in [-0.2, 0) is 0 Å². The summed E-state index contributed by atoms with van der Waals surface area (Å²) in [7, 11) is 1.88. The lowest BCUT2D eigenvalue weighted by Crippen LogP contribution is -2.12. The summed E-state index contributed by atoms with van der Waals surface area (Å²) in [6.45, 7) is 0. The maximum Gasteiger partial charge on any atom is 0.230 e. The van der Waals surface area contributed by atoms with E-state index in [0.29, 0.717) is 5.95 Å². The first-order valence-electron chi connectivity index (χ1n) is 3.88. The molecule has 66 valence electrons. The van der Waals surface area contributed by atoms with Crippen molar-refractivity contribution in [1.29, 1.82) is 0 Å². The summed E-state index contributed by atoms with van der Waals surface area (Å²) in [6.07, 6.45) is 5.10. The summed E-state index contributed by atoms with van der Waals surface area (Å²) in [5.41, 5.74) is 0. The first-order valence-corrected chi connectivity index (χ1v) is 3.88. The van der Waals surface area contributed by atoms with Gasteiger partial charge in [0, 0.05) is 25.5 Å². The monoisotopic (exact) mass is 175 g/mol. The number of aromatic nitrogens is 4. The van der Waals surface area contributed by atoms with E-state index in [-0.39, 0.29) is 0 Å². The molecule has 2 aromatic heterocycles. The summed E-state index contributed by atoms with van der Waals surface area (Å²) in [5.74, 6) is 1.51. The molecule has 0 spiro atoms. The van der Waals surface area contributed by atoms with Gasteiger partial charge in [0.25, 0.3) is 0 Å². The first-order chi connectivity index (χ1) is 6.38. The third-order valence-electron chi connectivity index (χ3n) is 1.70. The van der Waals surface area contributed by atoms with Crippen molar-refractivity contribution >= 4 is 11.8 Å². The van der Waals surface area contributed by atoms with Crippen LogP contribution in [0.2, 0.25) is 0 Å². The molecule has 2 heterocycles. The van der Waals surface area contributed by atoms with Crippen LogP contribution in [0, 0.1) is 0 Å². The molecule has 5 nitrogen and oxygen atoms in total. The molecule has 0 aromatic carbocycles. The van der Waals surface area contributed by atoms with Crippen molar-refractivity contribution in [3.8, 4) is 0 Å². The van der Waals surface area contributed by atoms with Gasteiger partial charge >= 0.3 is 0 Å². The third-order valence-corrected chi connectivity index (χ3v) is 1.70. The van der Waals surface area contributed by atoms with Crippen LogP contribution in [-0.4, -0.2) is 27.2 Å². The minimum atomic E-state index is 0.645. The highest BCUT2D eigenvalue weighted by Gasteiger charge is 2.05. The van der Waals surface area contributed by atoms with Crippen molar-refractivity contribution in [1.82, 2.24) is 20.2 Å². The molecule has 0 bridgehead atoms. The van der Waals surface area contributed by atoms with Crippen LogP contribution in [0.1, 0.15) is 0 Å². The van der Waals surface area contributed by atoms with Crippen LogP contribution in [0.25, 0.3) is 0 Å². The predicted molar refractivity (Wildman–Crippen MR) is 48.7 cm³/mol. The van der Waals surface area contributed by atoms with Crippen LogP contribution in [0.3, 0.4) is 0 Å². The number of hydrogen-bond acceptors (Lipinski definition) is 4. The van der Waals surface area contributed by atoms with E-state index in [1.54, 1.807) is 24.7 Å². The largest absolute Gasteiger partial charge is 0.298 e. The summed E-state index contributed by atoms with van der Waals surface area (Å²) in [5, 5.41) is 6.68. The molecule has 0 aliphatic carbocycles. The zero-order valence-corrected chi connectivity index (χ0v) is 7.18. The molecular weight excluding hydrogens is 166 g/mol. The molecule has 13 heavy (non-hydrogen) atoms. The number of anilines is 2. The van der Waals surface area contributed by atoms with Gasteiger partial charge in [-0.1, -0.05) is 0 Å². The molecule has 0 saturated carbocycles. The standard InChI is InChI=1S/C8H9N5/c1-13(7-3-6-11-12-7)8-9-4-2-5-10-8/h2-6H,1H3,(H,11,12). The molecule has 0 unspecified atom stereocenters. The molecule has 5 heteroatoms. The van der Waals surface area contributed by atoms with Gasteiger partial charge in [0.05, 0.1) is 6.20 Å². The van der Waals surface area contributed by atoms with E-state index in [0.717, 1.165) is 5.82 Å². The number of H-pyrrole nitrogens is 1. The van der Waals surface area contributed by atoms with Gasteiger partial charge in [-0.2, -0.15) is 5.10 Å². The van der Waals surface area contributed by atoms with Gasteiger partial charge < -0.3 is 0 Å². The van der Waals surface area contributed by atoms with Crippen LogP contribution in [0.4, 0.5) is 11.8 Å². The van der Waals surface area contributed by atoms with E-state index in [4.69, 9.17) is 0 Å². The Morgan fingerprint density at radius 1 is 1.23 bits per heavy atom. The summed E-state index contributed by atoms with van der Waals surface area (Å²) in [6, 6.07) is 3.64. The Morgan fingerprint density at radius 3 is 2.62 bits per heavy atom. The van der Waals surface area contributed by atoms with Gasteiger partial charge in [-0.05, 0) is 6.07 Å². The minimum absolute atomic E-state index is 0.645. The van der Waals surface area contributed by atoms with Crippen molar-refractivity contribution in [2.24, 2.45) is 0 Å². The van der Waals surface area contributed by atoms with E-state index in [1.165, 1.54) is 0 Å². The fourth-order valence-corrected chi connectivity index (χ4v) is 1.01. The highest BCUT2D eigenvalue weighted by Crippen LogP contribution is 2.14. The van der Waals surface area contributed by atoms with Crippen molar-refractivity contribution in [3.05, 3.63) is 30.7 Å². The highest BCUT2D eigenvalue weighted by atomic mass is 15.3. The van der Waals surface area contributed by atoms with Gasteiger partial charge in [-0.15, -0.1) is 0 Å². The van der Waals surface area contributed by atoms with Gasteiger partial charge in [0.1, 0.15) is 5.82 Å². The van der Waals surface area contributed by atoms with E-state index >= 15 is 0 Å². The fourth-order valence-electron chi connectivity index (χ4n) is 1.01. The van der Waals surface area contributed by atoms with Gasteiger partial charge in [-0.25, -0.2) is 9.97 Å². The number of rotatable bonds is 2. The molecule has 2 aromatic rings. The SMILES string of the molecule is CN(c1ncccn1)c1ccn[nH]1. The normalized spacial score (nSPS) is 9.92. The summed E-state index contributed by atoms with van der Waals surface area (Å²) >= 11 is 0. The Morgan fingerprint density at radius 2 is 2.00 bits per heavy atom. The quantitative estimate of drug-likeness (QED) is 0.738. The lowest BCUT2D eigenvalue weighted by Gasteiger charge is -2.12. The molecule has 0 aliphatic heterocycles. The van der Waals surface area contributed by atoms with Crippen LogP contribution in [0.5, 0.6) is 0 Å². The summed E-state index contributed by atoms with van der Waals surface area (Å²) in [4.78, 5) is 10.0. The van der Waals surface area contributed by atoms with Crippen molar-refractivity contribution < 1.29 is 0 Å². The molecule has 0 amide bonds. The molecule has 0 radical (unpaired) electrons. The molecule has 0 saturated heterocycles. The Kier molecular flexibility index (Phi) is 1.91. The lowest BCUT2D eigenvalue weighted by atomic mass is 10.5. The molecule has 0 atom stereocenters. The predicted octanol–water partition coefficient (Wildman–Crippen LogP) is 0.968. The maximum atomic E-state index is 4.10. The second kappa shape index (κ2) is 3.22. The Bertz CT molecular complexity index is 355. The second-order valence-electron chi connectivity index (χ2n) is 2.55. The lowest BCUT2D eigenvalue weighted by molar-refractivity contribution is 0.987. The van der Waals surface area contributed by atoms with E-state index in [1.807, 2.05) is 18.0 Å². The van der Waals surface area contributed by atoms with Crippen LogP contribution in [0.15, 0.2) is 30.7 Å². The number of nitrogens with one attached hydrogen (secondary N) is 1. The Hall–Kier alpha value is -1.91. The fraction of sp³-hybridized carbons (Fsp3) is 0.125. The molecular formula is C8H9N5. The van der Waals surface area contributed by atoms with Crippen LogP contribution < -0.4 is 4.90 Å². The molecule has 1 N–H and O–H groups in total. The van der Waals surface area contributed by atoms with Gasteiger partial charge in [-0.3, -0.25) is 10.00 Å². The average Bonchev–Trinajstić information content (AvgIpc) is 2.71. The maximum absolute atomic E-state index is 4.10. The van der Waals surface area contributed by atoms with Gasteiger partial charge in [0.2, 0.25) is 5.95 Å². The van der Waals surface area contributed by atoms with Crippen molar-refractivity contribution in [2.75, 3.05) is 11.9 Å². The highest BCUT2D eigenvalue weighted by molar-refractivity contribution is 5.49. The minimum Gasteiger partial charge on any atom is -0.298 e. The molecule has 2 rings (SSSR count). The average molecular weight is 175 g/mol. The van der Waals surface area contributed by atoms with E-state index in [2.05, 4.69) is 20.2 Å². The van der Waals surface area contributed by atoms with E-state index < -0.39 is 0 Å². The molecule has 0 fully saturated rings. The number of nitrogens with zero attached hydrogens (tertiary/aromatic N) is 4. The smallest absolute Gasteiger partial charge is 0.230 e.